The van der Waals surface area contributed by atoms with Crippen LogP contribution in [-0.2, 0) is 16.0 Å². The van der Waals surface area contributed by atoms with Crippen LogP contribution in [0.5, 0.6) is 0 Å². The van der Waals surface area contributed by atoms with E-state index < -0.39 is 0 Å². The Morgan fingerprint density at radius 1 is 1.28 bits per heavy atom. The number of aromatic nitrogens is 3. The van der Waals surface area contributed by atoms with Crippen LogP contribution < -0.4 is 10.8 Å². The largest absolute Gasteiger partial charge is 0.384 e. The summed E-state index contributed by atoms with van der Waals surface area (Å²) in [6.45, 7) is 2.95. The van der Waals surface area contributed by atoms with Crippen molar-refractivity contribution in [1.29, 1.82) is 0 Å². The lowest BCUT2D eigenvalue weighted by atomic mass is 9.71. The van der Waals surface area contributed by atoms with Gasteiger partial charge in [-0.05, 0) is 44.1 Å². The molecule has 0 saturated heterocycles. The van der Waals surface area contributed by atoms with Gasteiger partial charge in [-0.3, -0.25) is 15.4 Å². The molecule has 1 aliphatic heterocycles. The summed E-state index contributed by atoms with van der Waals surface area (Å²) in [7, 11) is 1.77. The first kappa shape index (κ1) is 18.9. The average Bonchev–Trinajstić information content (AvgIpc) is 3.36. The highest BCUT2D eigenvalue weighted by molar-refractivity contribution is 5.96. The molecule has 3 heterocycles. The lowest BCUT2D eigenvalue weighted by Gasteiger charge is -2.41. The van der Waals surface area contributed by atoms with E-state index in [1.807, 2.05) is 6.20 Å². The van der Waals surface area contributed by atoms with Crippen LogP contribution in [0.2, 0.25) is 0 Å². The molecule has 2 aromatic rings. The predicted molar refractivity (Wildman–Crippen MR) is 113 cm³/mol. The van der Waals surface area contributed by atoms with Crippen molar-refractivity contribution < 1.29 is 9.57 Å². The summed E-state index contributed by atoms with van der Waals surface area (Å²) in [5.74, 6) is 0.567. The molecule has 2 aliphatic carbocycles. The molecule has 29 heavy (non-hydrogen) atoms. The van der Waals surface area contributed by atoms with Gasteiger partial charge in [0.05, 0.1) is 28.7 Å². The van der Waals surface area contributed by atoms with Gasteiger partial charge in [-0.25, -0.2) is 4.98 Å². The van der Waals surface area contributed by atoms with Gasteiger partial charge in [0.25, 0.3) is 0 Å². The maximum atomic E-state index is 6.08. The molecule has 0 unspecified atom stereocenters. The fourth-order valence-corrected chi connectivity index (χ4v) is 5.24. The summed E-state index contributed by atoms with van der Waals surface area (Å²) in [5, 5.41) is 12.3. The number of anilines is 1. The number of hydroxylamine groups is 1. The highest BCUT2D eigenvalue weighted by Crippen LogP contribution is 2.47. The van der Waals surface area contributed by atoms with Crippen molar-refractivity contribution in [3.63, 3.8) is 0 Å². The molecule has 2 fully saturated rings. The molecule has 0 bridgehead atoms. The zero-order chi connectivity index (χ0) is 19.8. The molecule has 2 aromatic heterocycles. The molecule has 3 aliphatic rings. The van der Waals surface area contributed by atoms with E-state index in [2.05, 4.69) is 34.0 Å². The predicted octanol–water partition coefficient (Wildman–Crippen LogP) is 3.94. The minimum absolute atomic E-state index is 0.211. The standard InChI is InChI=1S/C22H31N5O2/c1-3-17-19(18-11-22(29-27-18)9-14(10-22)13-28-2)20(16-12-23-26-21(16)25-17)24-15-7-5-4-6-8-15/h11-12,14-15,27H,3-10,13H2,1-2H3,(H2,23,24,25,26). The van der Waals surface area contributed by atoms with Gasteiger partial charge < -0.3 is 10.1 Å². The van der Waals surface area contributed by atoms with Gasteiger partial charge >= 0.3 is 0 Å². The number of methoxy groups -OCH3 is 1. The Bertz CT molecular complexity index is 909. The minimum atomic E-state index is -0.211. The van der Waals surface area contributed by atoms with Gasteiger partial charge in [0.1, 0.15) is 5.60 Å². The first-order chi connectivity index (χ1) is 14.2. The number of fused-ring (bicyclic) bond motifs is 1. The first-order valence-electron chi connectivity index (χ1n) is 11.0. The maximum absolute atomic E-state index is 6.08. The summed E-state index contributed by atoms with van der Waals surface area (Å²) >= 11 is 0. The Hall–Kier alpha value is -2.12. The quantitative estimate of drug-likeness (QED) is 0.685. The van der Waals surface area contributed by atoms with Crippen molar-refractivity contribution in [3.8, 4) is 0 Å². The van der Waals surface area contributed by atoms with E-state index in [0.29, 0.717) is 12.0 Å². The average molecular weight is 398 g/mol. The molecule has 0 atom stereocenters. The summed E-state index contributed by atoms with van der Waals surface area (Å²) < 4.78 is 5.31. The van der Waals surface area contributed by atoms with Crippen LogP contribution in [0.1, 0.15) is 63.1 Å². The molecule has 0 amide bonds. The molecule has 0 radical (unpaired) electrons. The van der Waals surface area contributed by atoms with Gasteiger partial charge in [-0.15, -0.1) is 0 Å². The number of hydrogen-bond donors (Lipinski definition) is 3. The van der Waals surface area contributed by atoms with Gasteiger partial charge in [0.15, 0.2) is 5.65 Å². The SMILES string of the molecule is CCc1nc2[nH]ncc2c(NC2CCCCC2)c1C1=CC2(CC(COC)C2)ON1. The molecular weight excluding hydrogens is 366 g/mol. The number of rotatable bonds is 6. The molecule has 156 valence electrons. The van der Waals surface area contributed by atoms with E-state index in [1.165, 1.54) is 32.1 Å². The molecular formula is C22H31N5O2. The Balaban J connectivity index is 1.53. The highest BCUT2D eigenvalue weighted by Gasteiger charge is 2.48. The van der Waals surface area contributed by atoms with Crippen molar-refractivity contribution in [2.24, 2.45) is 5.92 Å². The molecule has 3 N–H and O–H groups in total. The Labute approximate surface area is 171 Å². The van der Waals surface area contributed by atoms with Crippen molar-refractivity contribution in [1.82, 2.24) is 20.7 Å². The van der Waals surface area contributed by atoms with E-state index in [1.54, 1.807) is 7.11 Å². The highest BCUT2D eigenvalue weighted by atomic mass is 16.7. The number of nitrogens with zero attached hydrogens (tertiary/aromatic N) is 2. The maximum Gasteiger partial charge on any atom is 0.157 e. The second-order valence-corrected chi connectivity index (χ2v) is 8.83. The number of hydrogen-bond acceptors (Lipinski definition) is 6. The third-order valence-electron chi connectivity index (χ3n) is 6.67. The second kappa shape index (κ2) is 7.61. The van der Waals surface area contributed by atoms with Gasteiger partial charge in [-0.1, -0.05) is 26.2 Å². The Kier molecular flexibility index (Phi) is 4.95. The normalized spacial score (nSPS) is 27.1. The van der Waals surface area contributed by atoms with Gasteiger partial charge in [0.2, 0.25) is 0 Å². The van der Waals surface area contributed by atoms with Gasteiger partial charge in [0, 0.05) is 25.3 Å². The van der Waals surface area contributed by atoms with Crippen molar-refractivity contribution in [2.75, 3.05) is 19.0 Å². The van der Waals surface area contributed by atoms with Crippen LogP contribution in [0.4, 0.5) is 5.69 Å². The molecule has 2 saturated carbocycles. The number of pyridine rings is 1. The number of nitrogens with one attached hydrogen (secondary N) is 3. The van der Waals surface area contributed by atoms with Crippen LogP contribution in [0, 0.1) is 5.92 Å². The lowest BCUT2D eigenvalue weighted by molar-refractivity contribution is -0.121. The van der Waals surface area contributed by atoms with E-state index in [9.17, 15) is 0 Å². The molecule has 0 aromatic carbocycles. The second-order valence-electron chi connectivity index (χ2n) is 8.83. The third-order valence-corrected chi connectivity index (χ3v) is 6.67. The molecule has 7 nitrogen and oxygen atoms in total. The van der Waals surface area contributed by atoms with Crippen LogP contribution >= 0.6 is 0 Å². The van der Waals surface area contributed by atoms with Crippen molar-refractivity contribution in [2.45, 2.75) is 69.9 Å². The lowest BCUT2D eigenvalue weighted by Crippen LogP contribution is -2.45. The smallest absolute Gasteiger partial charge is 0.157 e. The number of H-pyrrole nitrogens is 1. The van der Waals surface area contributed by atoms with Crippen LogP contribution in [0.3, 0.4) is 0 Å². The fourth-order valence-electron chi connectivity index (χ4n) is 5.24. The monoisotopic (exact) mass is 397 g/mol. The van der Waals surface area contributed by atoms with Crippen LogP contribution in [-0.4, -0.2) is 40.5 Å². The fraction of sp³-hybridized carbons (Fsp3) is 0.636. The van der Waals surface area contributed by atoms with E-state index in [4.69, 9.17) is 14.6 Å². The van der Waals surface area contributed by atoms with Gasteiger partial charge in [-0.2, -0.15) is 5.10 Å². The topological polar surface area (TPSA) is 84.1 Å². The van der Waals surface area contributed by atoms with Crippen LogP contribution in [0.15, 0.2) is 12.3 Å². The van der Waals surface area contributed by atoms with Crippen molar-refractivity contribution >= 4 is 22.4 Å². The summed E-state index contributed by atoms with van der Waals surface area (Å²) in [6, 6.07) is 0.499. The number of aromatic amines is 1. The van der Waals surface area contributed by atoms with Crippen LogP contribution in [0.25, 0.3) is 16.7 Å². The summed E-state index contributed by atoms with van der Waals surface area (Å²) in [6.07, 6.45) is 13.4. The molecule has 7 heteroatoms. The van der Waals surface area contributed by atoms with Crippen molar-refractivity contribution in [3.05, 3.63) is 23.5 Å². The third kappa shape index (κ3) is 3.40. The summed E-state index contributed by atoms with van der Waals surface area (Å²) in [4.78, 5) is 11.0. The Morgan fingerprint density at radius 3 is 2.86 bits per heavy atom. The number of aryl methyl sites for hydroxylation is 1. The minimum Gasteiger partial charge on any atom is -0.384 e. The first-order valence-corrected chi connectivity index (χ1v) is 11.0. The van der Waals surface area contributed by atoms with E-state index >= 15 is 0 Å². The van der Waals surface area contributed by atoms with E-state index in [0.717, 1.165) is 59.5 Å². The number of ether oxygens (including phenoxy) is 1. The molecule has 5 rings (SSSR count). The zero-order valence-corrected chi connectivity index (χ0v) is 17.4. The zero-order valence-electron chi connectivity index (χ0n) is 17.4. The Morgan fingerprint density at radius 2 is 2.10 bits per heavy atom. The van der Waals surface area contributed by atoms with E-state index in [-0.39, 0.29) is 5.60 Å². The summed E-state index contributed by atoms with van der Waals surface area (Å²) in [5.41, 5.74) is 8.26. The molecule has 1 spiro atoms.